The molecule has 1 amide bonds. The van der Waals surface area contributed by atoms with Crippen LogP contribution in [0.5, 0.6) is 11.5 Å². The Morgan fingerprint density at radius 2 is 1.97 bits per heavy atom. The molecule has 2 aromatic carbocycles. The van der Waals surface area contributed by atoms with Crippen molar-refractivity contribution >= 4 is 34.1 Å². The molecule has 0 radical (unpaired) electrons. The zero-order chi connectivity index (χ0) is 27.8. The van der Waals surface area contributed by atoms with Crippen LogP contribution in [-0.2, 0) is 11.4 Å². The number of amides is 1. The van der Waals surface area contributed by atoms with E-state index in [0.29, 0.717) is 63.0 Å². The number of carbonyl (C=O) groups is 1. The van der Waals surface area contributed by atoms with Crippen LogP contribution in [-0.4, -0.2) is 48.0 Å². The quantitative estimate of drug-likeness (QED) is 0.251. The minimum absolute atomic E-state index is 0.272. The summed E-state index contributed by atoms with van der Waals surface area (Å²) in [6, 6.07) is 16.7. The maximum Gasteiger partial charge on any atom is 0.248 e. The largest absolute Gasteiger partial charge is 0.492 e. The summed E-state index contributed by atoms with van der Waals surface area (Å²) in [7, 11) is 3.84. The highest BCUT2D eigenvalue weighted by molar-refractivity contribution is 6.32. The number of pyridine rings is 2. The van der Waals surface area contributed by atoms with Gasteiger partial charge < -0.3 is 19.7 Å². The molecule has 0 aliphatic heterocycles. The summed E-state index contributed by atoms with van der Waals surface area (Å²) in [4.78, 5) is 23.3. The minimum atomic E-state index is -0.291. The highest BCUT2D eigenvalue weighted by Crippen LogP contribution is 2.39. The third-order valence-corrected chi connectivity index (χ3v) is 6.00. The van der Waals surface area contributed by atoms with Gasteiger partial charge >= 0.3 is 0 Å². The molecule has 0 saturated carbocycles. The first-order valence-electron chi connectivity index (χ1n) is 12.3. The number of aromatic nitrogens is 2. The average molecular weight is 542 g/mol. The summed E-state index contributed by atoms with van der Waals surface area (Å²) in [6.07, 6.45) is 6.48. The number of ether oxygens (including phenoxy) is 2. The van der Waals surface area contributed by atoms with E-state index in [2.05, 4.69) is 21.4 Å². The molecule has 4 rings (SSSR count). The number of nitrogens with zero attached hydrogens (tertiary/aromatic N) is 4. The van der Waals surface area contributed by atoms with Gasteiger partial charge in [-0.15, -0.1) is 0 Å². The molecule has 198 valence electrons. The van der Waals surface area contributed by atoms with Gasteiger partial charge in [-0.3, -0.25) is 14.8 Å². The third kappa shape index (κ3) is 6.90. The molecule has 0 atom stereocenters. The van der Waals surface area contributed by atoms with Crippen LogP contribution in [0.3, 0.4) is 0 Å². The van der Waals surface area contributed by atoms with Crippen LogP contribution in [0.25, 0.3) is 22.0 Å². The van der Waals surface area contributed by atoms with E-state index in [9.17, 15) is 10.1 Å². The van der Waals surface area contributed by atoms with Gasteiger partial charge in [0.1, 0.15) is 24.2 Å². The number of benzene rings is 2. The molecule has 39 heavy (non-hydrogen) atoms. The highest BCUT2D eigenvalue weighted by Gasteiger charge is 2.17. The molecule has 4 aromatic rings. The second-order valence-corrected chi connectivity index (χ2v) is 9.27. The van der Waals surface area contributed by atoms with Gasteiger partial charge in [-0.2, -0.15) is 5.26 Å². The van der Waals surface area contributed by atoms with Crippen LogP contribution < -0.4 is 14.8 Å². The Morgan fingerprint density at radius 1 is 1.13 bits per heavy atom. The zero-order valence-electron chi connectivity index (χ0n) is 21.9. The predicted molar refractivity (Wildman–Crippen MR) is 153 cm³/mol. The van der Waals surface area contributed by atoms with Crippen LogP contribution in [0, 0.1) is 11.3 Å². The summed E-state index contributed by atoms with van der Waals surface area (Å²) in [6.45, 7) is 3.17. The van der Waals surface area contributed by atoms with Crippen LogP contribution in [0.2, 0.25) is 5.02 Å². The lowest BCUT2D eigenvalue weighted by Crippen LogP contribution is -2.13. The third-order valence-electron chi connectivity index (χ3n) is 5.71. The van der Waals surface area contributed by atoms with Crippen molar-refractivity contribution in [2.75, 3.05) is 32.6 Å². The fourth-order valence-electron chi connectivity index (χ4n) is 3.94. The summed E-state index contributed by atoms with van der Waals surface area (Å²) in [5.41, 5.74) is 3.58. The van der Waals surface area contributed by atoms with Gasteiger partial charge in [0.05, 0.1) is 34.1 Å². The van der Waals surface area contributed by atoms with Crippen molar-refractivity contribution in [2.24, 2.45) is 0 Å². The Labute approximate surface area is 232 Å². The number of carbonyl (C=O) groups excluding carboxylic acids is 1. The molecular formula is C30H28ClN5O3. The number of likely N-dealkylation sites (N-methyl/N-ethyl adjacent to an activating group) is 1. The van der Waals surface area contributed by atoms with E-state index in [1.807, 2.05) is 50.2 Å². The zero-order valence-corrected chi connectivity index (χ0v) is 22.7. The van der Waals surface area contributed by atoms with E-state index in [1.165, 1.54) is 12.3 Å². The topological polar surface area (TPSA) is 100 Å². The van der Waals surface area contributed by atoms with Gasteiger partial charge in [-0.1, -0.05) is 29.8 Å². The van der Waals surface area contributed by atoms with Crippen LogP contribution in [0.15, 0.2) is 73.1 Å². The Kier molecular flexibility index (Phi) is 9.10. The van der Waals surface area contributed by atoms with Gasteiger partial charge in [-0.05, 0) is 56.9 Å². The van der Waals surface area contributed by atoms with Crippen LogP contribution >= 0.6 is 11.6 Å². The predicted octanol–water partition coefficient (Wildman–Crippen LogP) is 5.86. The van der Waals surface area contributed by atoms with Crippen molar-refractivity contribution < 1.29 is 14.3 Å². The lowest BCUT2D eigenvalue weighted by Gasteiger charge is -2.16. The van der Waals surface area contributed by atoms with Gasteiger partial charge in [0, 0.05) is 42.0 Å². The Balaban J connectivity index is 1.73. The SMILES string of the molecule is CCOc1cc2ncc(C#N)c(-c3ccc(OCc4ccccn4)c(Cl)c3)c2cc1NC(=O)C=CCN(C)C. The molecular weight excluding hydrogens is 514 g/mol. The van der Waals surface area contributed by atoms with Crippen LogP contribution in [0.1, 0.15) is 18.2 Å². The fourth-order valence-corrected chi connectivity index (χ4v) is 4.18. The normalized spacial score (nSPS) is 11.1. The lowest BCUT2D eigenvalue weighted by atomic mass is 9.96. The van der Waals surface area contributed by atoms with Gasteiger partial charge in [0.2, 0.25) is 5.91 Å². The second kappa shape index (κ2) is 12.9. The van der Waals surface area contributed by atoms with Gasteiger partial charge in [-0.25, -0.2) is 0 Å². The maximum absolute atomic E-state index is 12.6. The Morgan fingerprint density at radius 3 is 2.67 bits per heavy atom. The van der Waals surface area contributed by atoms with E-state index in [0.717, 1.165) is 5.69 Å². The summed E-state index contributed by atoms with van der Waals surface area (Å²) in [5, 5.41) is 13.9. The number of halogens is 1. The monoisotopic (exact) mass is 541 g/mol. The molecule has 8 nitrogen and oxygen atoms in total. The molecule has 2 heterocycles. The van der Waals surface area contributed by atoms with Gasteiger partial charge in [0.15, 0.2) is 0 Å². The first-order valence-corrected chi connectivity index (χ1v) is 12.7. The van der Waals surface area contributed by atoms with E-state index in [1.54, 1.807) is 36.5 Å². The summed E-state index contributed by atoms with van der Waals surface area (Å²) in [5.74, 6) is 0.693. The average Bonchev–Trinajstić information content (AvgIpc) is 2.92. The molecule has 0 spiro atoms. The number of rotatable bonds is 10. The fraction of sp³-hybridized carbons (Fsp3) is 0.200. The molecule has 0 aliphatic carbocycles. The van der Waals surface area contributed by atoms with E-state index >= 15 is 0 Å². The first kappa shape index (κ1) is 27.6. The van der Waals surface area contributed by atoms with E-state index in [-0.39, 0.29) is 12.5 Å². The standard InChI is InChI=1S/C30H28ClN5O3/c1-4-38-28-16-25-23(15-26(28)35-29(37)9-7-13-36(2)3)30(21(17-32)18-34-25)20-10-11-27(24(31)14-20)39-19-22-8-5-6-12-33-22/h5-12,14-16,18H,4,13,19H2,1-3H3,(H,35,37). The number of anilines is 1. The van der Waals surface area contributed by atoms with Crippen molar-refractivity contribution in [1.29, 1.82) is 5.26 Å². The number of nitriles is 1. The molecule has 0 unspecified atom stereocenters. The maximum atomic E-state index is 12.6. The van der Waals surface area contributed by atoms with E-state index < -0.39 is 0 Å². The molecule has 0 aliphatic rings. The van der Waals surface area contributed by atoms with Crippen molar-refractivity contribution in [2.45, 2.75) is 13.5 Å². The lowest BCUT2D eigenvalue weighted by molar-refractivity contribution is -0.111. The Hall–Kier alpha value is -4.45. The van der Waals surface area contributed by atoms with Crippen molar-refractivity contribution in [3.8, 4) is 28.7 Å². The Bertz CT molecular complexity index is 1550. The number of fused-ring (bicyclic) bond motifs is 1. The van der Waals surface area contributed by atoms with Crippen molar-refractivity contribution in [3.63, 3.8) is 0 Å². The van der Waals surface area contributed by atoms with Crippen molar-refractivity contribution in [3.05, 3.63) is 89.4 Å². The molecule has 2 aromatic heterocycles. The first-order chi connectivity index (χ1) is 18.9. The van der Waals surface area contributed by atoms with E-state index in [4.69, 9.17) is 21.1 Å². The van der Waals surface area contributed by atoms with Crippen LogP contribution in [0.4, 0.5) is 5.69 Å². The molecule has 0 bridgehead atoms. The minimum Gasteiger partial charge on any atom is -0.492 e. The second-order valence-electron chi connectivity index (χ2n) is 8.87. The molecule has 1 N–H and O–H groups in total. The molecule has 0 saturated heterocycles. The van der Waals surface area contributed by atoms with Gasteiger partial charge in [0.25, 0.3) is 0 Å². The summed E-state index contributed by atoms with van der Waals surface area (Å²) >= 11 is 6.60. The molecule has 0 fully saturated rings. The smallest absolute Gasteiger partial charge is 0.248 e. The van der Waals surface area contributed by atoms with Crippen molar-refractivity contribution in [1.82, 2.24) is 14.9 Å². The molecule has 9 heteroatoms. The number of hydrogen-bond acceptors (Lipinski definition) is 7. The number of nitrogens with one attached hydrogen (secondary N) is 1. The number of hydrogen-bond donors (Lipinski definition) is 1. The summed E-state index contributed by atoms with van der Waals surface area (Å²) < 4.78 is 11.7. The highest BCUT2D eigenvalue weighted by atomic mass is 35.5.